The molecule has 0 radical (unpaired) electrons. The van der Waals surface area contributed by atoms with Crippen molar-refractivity contribution in [2.45, 2.75) is 10.9 Å². The van der Waals surface area contributed by atoms with Crippen LogP contribution in [-0.2, 0) is 10.0 Å². The Hall–Kier alpha value is -1.61. The van der Waals surface area contributed by atoms with Crippen molar-refractivity contribution in [2.24, 2.45) is 0 Å². The number of pyridine rings is 1. The van der Waals surface area contributed by atoms with Crippen LogP contribution in [-0.4, -0.2) is 37.3 Å². The Morgan fingerprint density at radius 2 is 1.92 bits per heavy atom. The van der Waals surface area contributed by atoms with E-state index in [1.807, 2.05) is 0 Å². The van der Waals surface area contributed by atoms with Gasteiger partial charge in [-0.2, -0.15) is 4.31 Å². The van der Waals surface area contributed by atoms with Crippen LogP contribution in [0.25, 0.3) is 0 Å². The Morgan fingerprint density at radius 1 is 1.21 bits per heavy atom. The minimum atomic E-state index is -4.02. The zero-order valence-corrected chi connectivity index (χ0v) is 14.2. The summed E-state index contributed by atoms with van der Waals surface area (Å²) in [7, 11) is -4.02. The molecule has 0 saturated carbocycles. The predicted octanol–water partition coefficient (Wildman–Crippen LogP) is 2.12. The molecule has 2 aromatic rings. The maximum absolute atomic E-state index is 13.4. The Labute approximate surface area is 145 Å². The van der Waals surface area contributed by atoms with Crippen molar-refractivity contribution in [3.8, 4) is 0 Å². The van der Waals surface area contributed by atoms with Gasteiger partial charge in [0.25, 0.3) is 0 Å². The van der Waals surface area contributed by atoms with E-state index < -0.39 is 27.7 Å². The first-order valence-corrected chi connectivity index (χ1v) is 8.51. The molecule has 1 atom stereocenters. The summed E-state index contributed by atoms with van der Waals surface area (Å²) < 4.78 is 53.7. The third kappa shape index (κ3) is 3.72. The van der Waals surface area contributed by atoms with E-state index in [-0.39, 0.29) is 23.8 Å². The molecule has 1 unspecified atom stereocenters. The second-order valence-electron chi connectivity index (χ2n) is 5.23. The van der Waals surface area contributed by atoms with Gasteiger partial charge in [-0.05, 0) is 23.8 Å². The van der Waals surface area contributed by atoms with Crippen molar-refractivity contribution in [3.63, 3.8) is 0 Å². The second kappa shape index (κ2) is 7.52. The average molecular weight is 376 g/mol. The molecule has 1 aromatic carbocycles. The molecular weight excluding hydrogens is 360 g/mol. The van der Waals surface area contributed by atoms with E-state index in [4.69, 9.17) is 0 Å². The summed E-state index contributed by atoms with van der Waals surface area (Å²) in [4.78, 5) is 3.62. The number of nitrogens with zero attached hydrogens (tertiary/aromatic N) is 2. The fourth-order valence-electron chi connectivity index (χ4n) is 2.64. The van der Waals surface area contributed by atoms with Gasteiger partial charge in [-0.25, -0.2) is 17.2 Å². The Morgan fingerprint density at radius 3 is 2.54 bits per heavy atom. The average Bonchev–Trinajstić information content (AvgIpc) is 2.55. The van der Waals surface area contributed by atoms with Crippen molar-refractivity contribution in [2.75, 3.05) is 19.6 Å². The molecule has 1 saturated heterocycles. The molecule has 1 aliphatic heterocycles. The van der Waals surface area contributed by atoms with Gasteiger partial charge in [-0.3, -0.25) is 4.98 Å². The minimum absolute atomic E-state index is 0. The lowest BCUT2D eigenvalue weighted by molar-refractivity contribution is 0.271. The van der Waals surface area contributed by atoms with Gasteiger partial charge in [0.2, 0.25) is 10.0 Å². The van der Waals surface area contributed by atoms with Gasteiger partial charge >= 0.3 is 0 Å². The molecule has 5 nitrogen and oxygen atoms in total. The summed E-state index contributed by atoms with van der Waals surface area (Å²) in [6.07, 6.45) is 3.19. The van der Waals surface area contributed by atoms with Crippen LogP contribution in [0.4, 0.5) is 8.78 Å². The number of rotatable bonds is 3. The molecule has 130 valence electrons. The lowest BCUT2D eigenvalue weighted by Gasteiger charge is -2.35. The van der Waals surface area contributed by atoms with Crippen LogP contribution < -0.4 is 5.32 Å². The number of aromatic nitrogens is 1. The molecule has 0 aliphatic carbocycles. The third-order valence-corrected chi connectivity index (χ3v) is 5.59. The first-order chi connectivity index (χ1) is 11.0. The number of benzene rings is 1. The van der Waals surface area contributed by atoms with Crippen LogP contribution in [0, 0.1) is 11.6 Å². The highest BCUT2D eigenvalue weighted by Crippen LogP contribution is 2.29. The molecule has 24 heavy (non-hydrogen) atoms. The second-order valence-corrected chi connectivity index (χ2v) is 7.12. The summed E-state index contributed by atoms with van der Waals surface area (Å²) in [6.45, 7) is 1.08. The molecule has 1 fully saturated rings. The molecule has 1 aromatic heterocycles. The molecule has 0 bridgehead atoms. The number of piperazine rings is 1. The Kier molecular flexibility index (Phi) is 5.87. The topological polar surface area (TPSA) is 62.3 Å². The molecule has 1 N–H and O–H groups in total. The largest absolute Gasteiger partial charge is 0.313 e. The monoisotopic (exact) mass is 375 g/mol. The van der Waals surface area contributed by atoms with Crippen molar-refractivity contribution in [1.29, 1.82) is 0 Å². The van der Waals surface area contributed by atoms with Crippen molar-refractivity contribution in [3.05, 3.63) is 59.9 Å². The zero-order valence-electron chi connectivity index (χ0n) is 12.5. The quantitative estimate of drug-likeness (QED) is 0.892. The van der Waals surface area contributed by atoms with E-state index in [0.29, 0.717) is 19.2 Å². The van der Waals surface area contributed by atoms with E-state index in [1.54, 1.807) is 24.5 Å². The van der Waals surface area contributed by atoms with Gasteiger partial charge in [0.05, 0.1) is 10.9 Å². The van der Waals surface area contributed by atoms with E-state index in [0.717, 1.165) is 17.7 Å². The highest BCUT2D eigenvalue weighted by atomic mass is 35.5. The number of hydrogen-bond donors (Lipinski definition) is 1. The van der Waals surface area contributed by atoms with E-state index in [9.17, 15) is 17.2 Å². The number of hydrogen-bond acceptors (Lipinski definition) is 4. The van der Waals surface area contributed by atoms with Gasteiger partial charge in [0.15, 0.2) is 0 Å². The van der Waals surface area contributed by atoms with Crippen LogP contribution >= 0.6 is 12.4 Å². The summed E-state index contributed by atoms with van der Waals surface area (Å²) in [5.41, 5.74) is 0.722. The maximum Gasteiger partial charge on any atom is 0.243 e. The van der Waals surface area contributed by atoms with Gasteiger partial charge in [0.1, 0.15) is 11.6 Å². The minimum Gasteiger partial charge on any atom is -0.313 e. The van der Waals surface area contributed by atoms with Gasteiger partial charge in [-0.1, -0.05) is 6.07 Å². The van der Waals surface area contributed by atoms with Gasteiger partial charge in [-0.15, -0.1) is 12.4 Å². The van der Waals surface area contributed by atoms with E-state index >= 15 is 0 Å². The van der Waals surface area contributed by atoms with Crippen LogP contribution in [0.3, 0.4) is 0 Å². The van der Waals surface area contributed by atoms with E-state index in [2.05, 4.69) is 10.3 Å². The zero-order chi connectivity index (χ0) is 16.4. The summed E-state index contributed by atoms with van der Waals surface area (Å²) in [5.74, 6) is -1.84. The predicted molar refractivity (Wildman–Crippen MR) is 87.3 cm³/mol. The highest BCUT2D eigenvalue weighted by molar-refractivity contribution is 7.89. The van der Waals surface area contributed by atoms with Crippen LogP contribution in [0.2, 0.25) is 0 Å². The molecular formula is C15H16ClF2N3O2S. The standard InChI is InChI=1S/C15H15F2N3O2S.ClH/c16-12-6-13(17)8-14(7-12)23(21,22)20-5-4-19-10-15(20)11-2-1-3-18-9-11;/h1-3,6-9,15,19H,4-5,10H2;1H. The molecule has 0 spiro atoms. The molecule has 3 rings (SSSR count). The van der Waals surface area contributed by atoms with Crippen LogP contribution in [0.1, 0.15) is 11.6 Å². The molecule has 2 heterocycles. The van der Waals surface area contributed by atoms with E-state index in [1.165, 1.54) is 4.31 Å². The lowest BCUT2D eigenvalue weighted by atomic mass is 10.1. The number of halogens is 3. The highest BCUT2D eigenvalue weighted by Gasteiger charge is 2.35. The van der Waals surface area contributed by atoms with Crippen molar-refractivity contribution >= 4 is 22.4 Å². The molecule has 1 aliphatic rings. The fourth-order valence-corrected chi connectivity index (χ4v) is 4.30. The fraction of sp³-hybridized carbons (Fsp3) is 0.267. The first-order valence-electron chi connectivity index (χ1n) is 7.07. The smallest absolute Gasteiger partial charge is 0.243 e. The lowest BCUT2D eigenvalue weighted by Crippen LogP contribution is -2.48. The summed E-state index contributed by atoms with van der Waals surface area (Å²) in [6, 6.07) is 5.33. The number of sulfonamides is 1. The third-order valence-electron chi connectivity index (χ3n) is 3.71. The number of nitrogens with one attached hydrogen (secondary N) is 1. The summed E-state index contributed by atoms with van der Waals surface area (Å²) in [5, 5.41) is 3.13. The van der Waals surface area contributed by atoms with Crippen molar-refractivity contribution in [1.82, 2.24) is 14.6 Å². The Bertz CT molecular complexity index is 785. The Balaban J connectivity index is 0.00000208. The normalized spacial score (nSPS) is 18.8. The van der Waals surface area contributed by atoms with Gasteiger partial charge in [0, 0.05) is 38.1 Å². The first kappa shape index (κ1) is 18.7. The maximum atomic E-state index is 13.4. The van der Waals surface area contributed by atoms with Crippen LogP contribution in [0.15, 0.2) is 47.6 Å². The molecule has 0 amide bonds. The summed E-state index contributed by atoms with van der Waals surface area (Å²) >= 11 is 0. The van der Waals surface area contributed by atoms with Crippen molar-refractivity contribution < 1.29 is 17.2 Å². The molecule has 9 heteroatoms. The van der Waals surface area contributed by atoms with Gasteiger partial charge < -0.3 is 5.32 Å². The SMILES string of the molecule is Cl.O=S(=O)(c1cc(F)cc(F)c1)N1CCNCC1c1cccnc1. The van der Waals surface area contributed by atoms with Crippen LogP contribution in [0.5, 0.6) is 0 Å².